The van der Waals surface area contributed by atoms with Crippen molar-refractivity contribution in [2.45, 2.75) is 45.4 Å². The number of aromatic nitrogens is 1. The lowest BCUT2D eigenvalue weighted by molar-refractivity contribution is -0.121. The molecule has 3 aromatic carbocycles. The van der Waals surface area contributed by atoms with Crippen LogP contribution in [0.5, 0.6) is 0 Å². The van der Waals surface area contributed by atoms with E-state index >= 15 is 0 Å². The summed E-state index contributed by atoms with van der Waals surface area (Å²) in [6.45, 7) is 5.85. The minimum absolute atomic E-state index is 0.109. The number of rotatable bonds is 5. The Hall–Kier alpha value is -4.59. The fourth-order valence-corrected chi connectivity index (χ4v) is 4.75. The van der Waals surface area contributed by atoms with Gasteiger partial charge < -0.3 is 19.8 Å². The van der Waals surface area contributed by atoms with Crippen LogP contribution in [0.3, 0.4) is 0 Å². The number of nitrogens with one attached hydrogen (secondary N) is 2. The highest BCUT2D eigenvalue weighted by atomic mass is 16.6. The summed E-state index contributed by atoms with van der Waals surface area (Å²) in [7, 11) is 0. The fourth-order valence-electron chi connectivity index (χ4n) is 4.75. The maximum Gasteiger partial charge on any atom is 0.411 e. The number of fused-ring (bicyclic) bond motifs is 3. The number of esters is 1. The summed E-state index contributed by atoms with van der Waals surface area (Å²) >= 11 is 0. The molecule has 1 aliphatic rings. The highest BCUT2D eigenvalue weighted by molar-refractivity contribution is 6.01. The lowest BCUT2D eigenvalue weighted by Gasteiger charge is -2.34. The van der Waals surface area contributed by atoms with E-state index in [1.807, 2.05) is 54.6 Å². The number of amides is 2. The summed E-state index contributed by atoms with van der Waals surface area (Å²) in [6, 6.07) is 22.8. The Morgan fingerprint density at radius 2 is 1.64 bits per heavy atom. The molecule has 8 nitrogen and oxygen atoms in total. The van der Waals surface area contributed by atoms with Gasteiger partial charge in [0.05, 0.1) is 5.56 Å². The van der Waals surface area contributed by atoms with Crippen LogP contribution in [0.2, 0.25) is 0 Å². The Morgan fingerprint density at radius 1 is 0.949 bits per heavy atom. The zero-order chi connectivity index (χ0) is 27.6. The summed E-state index contributed by atoms with van der Waals surface area (Å²) in [5.74, 6) is -0.814. The van der Waals surface area contributed by atoms with Gasteiger partial charge >= 0.3 is 12.1 Å². The molecular weight excluding hydrogens is 494 g/mol. The first-order valence-corrected chi connectivity index (χ1v) is 12.9. The largest absolute Gasteiger partial charge is 0.456 e. The van der Waals surface area contributed by atoms with E-state index < -0.39 is 23.7 Å². The van der Waals surface area contributed by atoms with E-state index in [4.69, 9.17) is 9.47 Å². The maximum atomic E-state index is 13.8. The van der Waals surface area contributed by atoms with E-state index in [0.717, 1.165) is 27.7 Å². The predicted octanol–water partition coefficient (Wildman–Crippen LogP) is 6.00. The number of aromatic amines is 1. The van der Waals surface area contributed by atoms with E-state index in [-0.39, 0.29) is 12.5 Å². The van der Waals surface area contributed by atoms with Crippen molar-refractivity contribution in [1.29, 1.82) is 0 Å². The third-order valence-electron chi connectivity index (χ3n) is 6.49. The number of para-hydroxylation sites is 1. The number of anilines is 1. The summed E-state index contributed by atoms with van der Waals surface area (Å²) < 4.78 is 11.0. The molecule has 8 heteroatoms. The topological polar surface area (TPSA) is 101 Å². The fraction of sp³-hybridized carbons (Fsp3) is 0.258. The molecule has 5 rings (SSSR count). The molecule has 0 aliphatic carbocycles. The van der Waals surface area contributed by atoms with E-state index in [1.165, 1.54) is 4.90 Å². The summed E-state index contributed by atoms with van der Waals surface area (Å²) in [5, 5.41) is 3.81. The molecule has 2 heterocycles. The van der Waals surface area contributed by atoms with Crippen molar-refractivity contribution in [3.8, 4) is 0 Å². The number of carbonyl (C=O) groups is 3. The Balaban J connectivity index is 1.40. The SMILES string of the molecule is CC(C)(C)OC(=O)c1ccc(NC(=O)C2c3c([nH]c4ccccc34)CCN2C(=O)OCc2ccccc2)cc1. The quantitative estimate of drug-likeness (QED) is 0.311. The van der Waals surface area contributed by atoms with Crippen molar-refractivity contribution in [2.24, 2.45) is 0 Å². The van der Waals surface area contributed by atoms with Crippen molar-refractivity contribution < 1.29 is 23.9 Å². The molecule has 0 bridgehead atoms. The average Bonchev–Trinajstić information content (AvgIpc) is 3.30. The van der Waals surface area contributed by atoms with E-state index in [1.54, 1.807) is 45.0 Å². The van der Waals surface area contributed by atoms with Gasteiger partial charge in [-0.05, 0) is 56.7 Å². The third-order valence-corrected chi connectivity index (χ3v) is 6.49. The molecule has 0 saturated heterocycles. The zero-order valence-electron chi connectivity index (χ0n) is 22.2. The number of hydrogen-bond acceptors (Lipinski definition) is 5. The smallest absolute Gasteiger partial charge is 0.411 e. The highest BCUT2D eigenvalue weighted by Gasteiger charge is 2.39. The summed E-state index contributed by atoms with van der Waals surface area (Å²) in [4.78, 5) is 44.4. The second-order valence-electron chi connectivity index (χ2n) is 10.5. The first kappa shape index (κ1) is 26.0. The van der Waals surface area contributed by atoms with E-state index in [2.05, 4.69) is 10.3 Å². The van der Waals surface area contributed by atoms with E-state index in [0.29, 0.717) is 24.2 Å². The molecule has 4 aromatic rings. The normalized spacial score (nSPS) is 14.9. The molecule has 39 heavy (non-hydrogen) atoms. The molecule has 1 unspecified atom stereocenters. The molecule has 1 atom stereocenters. The predicted molar refractivity (Wildman–Crippen MR) is 148 cm³/mol. The first-order chi connectivity index (χ1) is 18.7. The van der Waals surface area contributed by atoms with Gasteiger partial charge in [-0.1, -0.05) is 48.5 Å². The van der Waals surface area contributed by atoms with Crippen molar-refractivity contribution in [3.63, 3.8) is 0 Å². The summed E-state index contributed by atoms with van der Waals surface area (Å²) in [5.41, 5.74) is 3.71. The van der Waals surface area contributed by atoms with Gasteiger partial charge in [0.25, 0.3) is 5.91 Å². The molecule has 0 saturated carbocycles. The standard InChI is InChI=1S/C31H31N3O5/c1-31(2,3)39-29(36)21-13-15-22(16-14-21)32-28(35)27-26-23-11-7-8-12-24(23)33-25(26)17-18-34(27)30(37)38-19-20-9-5-4-6-10-20/h4-16,27,33H,17-19H2,1-3H3,(H,32,35). The first-order valence-electron chi connectivity index (χ1n) is 12.9. The highest BCUT2D eigenvalue weighted by Crippen LogP contribution is 2.37. The van der Waals surface area contributed by atoms with Crippen LogP contribution < -0.4 is 5.32 Å². The lowest BCUT2D eigenvalue weighted by atomic mass is 9.95. The number of nitrogens with zero attached hydrogens (tertiary/aromatic N) is 1. The molecule has 0 fully saturated rings. The van der Waals surface area contributed by atoms with Crippen LogP contribution in [0, 0.1) is 0 Å². The van der Waals surface area contributed by atoms with Crippen molar-refractivity contribution in [1.82, 2.24) is 9.88 Å². The minimum Gasteiger partial charge on any atom is -0.456 e. The molecule has 1 aromatic heterocycles. The van der Waals surface area contributed by atoms with Crippen LogP contribution in [0.1, 0.15) is 54.0 Å². The molecule has 2 amide bonds. The van der Waals surface area contributed by atoms with Crippen LogP contribution in [0.4, 0.5) is 10.5 Å². The van der Waals surface area contributed by atoms with Crippen LogP contribution in [0.15, 0.2) is 78.9 Å². The molecule has 0 spiro atoms. The minimum atomic E-state index is -0.904. The lowest BCUT2D eigenvalue weighted by Crippen LogP contribution is -2.45. The zero-order valence-corrected chi connectivity index (χ0v) is 22.2. The second kappa shape index (κ2) is 10.6. The number of hydrogen-bond donors (Lipinski definition) is 2. The average molecular weight is 526 g/mol. The van der Waals surface area contributed by atoms with Crippen LogP contribution in [0.25, 0.3) is 10.9 Å². The van der Waals surface area contributed by atoms with Crippen molar-refractivity contribution in [3.05, 3.63) is 101 Å². The Labute approximate surface area is 226 Å². The third kappa shape index (κ3) is 5.80. The maximum absolute atomic E-state index is 13.8. The Kier molecular flexibility index (Phi) is 7.11. The molecular formula is C31H31N3O5. The van der Waals surface area contributed by atoms with Gasteiger partial charge in [0.1, 0.15) is 18.2 Å². The van der Waals surface area contributed by atoms with Gasteiger partial charge in [-0.25, -0.2) is 9.59 Å². The molecule has 200 valence electrons. The molecule has 2 N–H and O–H groups in total. The van der Waals surface area contributed by atoms with Crippen molar-refractivity contribution >= 4 is 34.6 Å². The van der Waals surface area contributed by atoms with Gasteiger partial charge in [0.2, 0.25) is 0 Å². The number of ether oxygens (including phenoxy) is 2. The van der Waals surface area contributed by atoms with Gasteiger partial charge in [0, 0.05) is 40.8 Å². The van der Waals surface area contributed by atoms with Crippen LogP contribution in [-0.2, 0) is 27.3 Å². The monoisotopic (exact) mass is 525 g/mol. The van der Waals surface area contributed by atoms with Gasteiger partial charge in [-0.15, -0.1) is 0 Å². The number of carbonyl (C=O) groups excluding carboxylic acids is 3. The molecule has 1 aliphatic heterocycles. The Morgan fingerprint density at radius 3 is 2.36 bits per heavy atom. The van der Waals surface area contributed by atoms with Crippen LogP contribution >= 0.6 is 0 Å². The van der Waals surface area contributed by atoms with Crippen LogP contribution in [-0.4, -0.2) is 40.0 Å². The second-order valence-corrected chi connectivity index (χ2v) is 10.5. The van der Waals surface area contributed by atoms with Crippen molar-refractivity contribution in [2.75, 3.05) is 11.9 Å². The van der Waals surface area contributed by atoms with Gasteiger partial charge in [-0.2, -0.15) is 0 Å². The number of benzene rings is 3. The van der Waals surface area contributed by atoms with Gasteiger partial charge in [-0.3, -0.25) is 9.69 Å². The summed E-state index contributed by atoms with van der Waals surface area (Å²) in [6.07, 6.45) is 0.00828. The van der Waals surface area contributed by atoms with E-state index in [9.17, 15) is 14.4 Å². The Bertz CT molecular complexity index is 1500. The number of H-pyrrole nitrogens is 1. The molecule has 0 radical (unpaired) electrons. The van der Waals surface area contributed by atoms with Gasteiger partial charge in [0.15, 0.2) is 0 Å².